The lowest BCUT2D eigenvalue weighted by Gasteiger charge is -2.09. The zero-order valence-electron chi connectivity index (χ0n) is 10.4. The molecule has 0 radical (unpaired) electrons. The normalized spacial score (nSPS) is 10.2. The number of hydrogen-bond acceptors (Lipinski definition) is 3. The van der Waals surface area contributed by atoms with E-state index in [4.69, 9.17) is 5.11 Å². The molecule has 2 aromatic carbocycles. The van der Waals surface area contributed by atoms with Crippen LogP contribution >= 0.6 is 31.9 Å². The first-order valence-electron chi connectivity index (χ1n) is 5.71. The molecule has 0 aromatic heterocycles. The van der Waals surface area contributed by atoms with Crippen LogP contribution in [0.3, 0.4) is 0 Å². The quantitative estimate of drug-likeness (QED) is 0.711. The molecule has 108 valence electrons. The molecule has 0 saturated carbocycles. The summed E-state index contributed by atoms with van der Waals surface area (Å²) in [4.78, 5) is 23.0. The van der Waals surface area contributed by atoms with Crippen LogP contribution in [0.25, 0.3) is 0 Å². The summed E-state index contributed by atoms with van der Waals surface area (Å²) < 4.78 is 0.998. The van der Waals surface area contributed by atoms with Crippen LogP contribution in [0.2, 0.25) is 0 Å². The number of carboxylic acids is 1. The van der Waals surface area contributed by atoms with Crippen LogP contribution in [-0.4, -0.2) is 22.1 Å². The Labute approximate surface area is 136 Å². The second-order valence-corrected chi connectivity index (χ2v) is 5.89. The number of benzene rings is 2. The molecule has 1 amide bonds. The number of aromatic hydroxyl groups is 1. The maximum absolute atomic E-state index is 12.2. The van der Waals surface area contributed by atoms with E-state index in [1.54, 1.807) is 12.1 Å². The van der Waals surface area contributed by atoms with Crippen LogP contribution in [0.5, 0.6) is 5.75 Å². The highest BCUT2D eigenvalue weighted by atomic mass is 79.9. The molecular formula is C14H9Br2NO4. The molecule has 0 aliphatic carbocycles. The molecule has 0 aliphatic heterocycles. The van der Waals surface area contributed by atoms with E-state index < -0.39 is 11.9 Å². The highest BCUT2D eigenvalue weighted by Gasteiger charge is 2.15. The lowest BCUT2D eigenvalue weighted by molar-refractivity contribution is 0.0696. The standard InChI is InChI=1S/C14H9Br2NO4/c15-8-5-10(12(18)11(16)6-8)13(19)17-9-3-1-2-7(4-9)14(20)21/h1-6,18H,(H,17,19)(H,20,21). The highest BCUT2D eigenvalue weighted by molar-refractivity contribution is 9.11. The van der Waals surface area contributed by atoms with Gasteiger partial charge in [0.15, 0.2) is 0 Å². The maximum Gasteiger partial charge on any atom is 0.335 e. The highest BCUT2D eigenvalue weighted by Crippen LogP contribution is 2.32. The van der Waals surface area contributed by atoms with E-state index in [2.05, 4.69) is 37.2 Å². The van der Waals surface area contributed by atoms with E-state index >= 15 is 0 Å². The molecule has 2 aromatic rings. The molecule has 0 heterocycles. The Bertz CT molecular complexity index is 731. The van der Waals surface area contributed by atoms with Crippen LogP contribution in [0, 0.1) is 0 Å². The SMILES string of the molecule is O=C(O)c1cccc(NC(=O)c2cc(Br)cc(Br)c2O)c1. The average molecular weight is 415 g/mol. The number of halogens is 2. The molecule has 2 rings (SSSR count). The first kappa shape index (κ1) is 15.5. The fraction of sp³-hybridized carbons (Fsp3) is 0. The lowest BCUT2D eigenvalue weighted by Crippen LogP contribution is -2.13. The van der Waals surface area contributed by atoms with E-state index in [1.165, 1.54) is 24.3 Å². The number of hydrogen-bond donors (Lipinski definition) is 3. The third-order valence-corrected chi connectivity index (χ3v) is 3.70. The molecule has 21 heavy (non-hydrogen) atoms. The Morgan fingerprint density at radius 2 is 1.81 bits per heavy atom. The second-order valence-electron chi connectivity index (χ2n) is 4.12. The Morgan fingerprint density at radius 1 is 1.10 bits per heavy atom. The molecule has 0 spiro atoms. The maximum atomic E-state index is 12.2. The average Bonchev–Trinajstić information content (AvgIpc) is 2.43. The van der Waals surface area contributed by atoms with Crippen molar-refractivity contribution in [2.24, 2.45) is 0 Å². The predicted octanol–water partition coefficient (Wildman–Crippen LogP) is 3.87. The van der Waals surface area contributed by atoms with Gasteiger partial charge in [-0.15, -0.1) is 0 Å². The molecule has 0 fully saturated rings. The summed E-state index contributed by atoms with van der Waals surface area (Å²) in [5.74, 6) is -1.82. The minimum absolute atomic E-state index is 0.0624. The van der Waals surface area contributed by atoms with Crippen LogP contribution < -0.4 is 5.32 Å². The number of amides is 1. The molecule has 0 aliphatic rings. The third-order valence-electron chi connectivity index (χ3n) is 2.64. The Hall–Kier alpha value is -1.86. The number of carbonyl (C=O) groups is 2. The van der Waals surface area contributed by atoms with Gasteiger partial charge in [0.1, 0.15) is 5.75 Å². The zero-order chi connectivity index (χ0) is 15.6. The second kappa shape index (κ2) is 6.28. The summed E-state index contributed by atoms with van der Waals surface area (Å²) in [6.07, 6.45) is 0. The van der Waals surface area contributed by atoms with Gasteiger partial charge in [-0.2, -0.15) is 0 Å². The lowest BCUT2D eigenvalue weighted by atomic mass is 10.1. The van der Waals surface area contributed by atoms with Crippen molar-refractivity contribution in [1.29, 1.82) is 0 Å². The fourth-order valence-electron chi connectivity index (χ4n) is 1.67. The fourth-order valence-corrected chi connectivity index (χ4v) is 2.89. The van der Waals surface area contributed by atoms with E-state index in [0.29, 0.717) is 14.6 Å². The van der Waals surface area contributed by atoms with Crippen molar-refractivity contribution >= 4 is 49.4 Å². The summed E-state index contributed by atoms with van der Waals surface area (Å²) in [7, 11) is 0. The predicted molar refractivity (Wildman–Crippen MR) is 84.9 cm³/mol. The van der Waals surface area contributed by atoms with E-state index in [-0.39, 0.29) is 16.9 Å². The largest absolute Gasteiger partial charge is 0.506 e. The number of nitrogens with one attached hydrogen (secondary N) is 1. The Morgan fingerprint density at radius 3 is 2.48 bits per heavy atom. The van der Waals surface area contributed by atoms with Gasteiger partial charge >= 0.3 is 5.97 Å². The smallest absolute Gasteiger partial charge is 0.335 e. The molecule has 0 saturated heterocycles. The van der Waals surface area contributed by atoms with Crippen LogP contribution in [-0.2, 0) is 0 Å². The summed E-state index contributed by atoms with van der Waals surface area (Å²) in [5.41, 5.74) is 0.458. The van der Waals surface area contributed by atoms with Gasteiger partial charge in [-0.05, 0) is 46.3 Å². The molecular weight excluding hydrogens is 406 g/mol. The Balaban J connectivity index is 2.30. The molecule has 3 N–H and O–H groups in total. The minimum atomic E-state index is -1.08. The topological polar surface area (TPSA) is 86.6 Å². The number of phenolic OH excluding ortho intramolecular Hbond substituents is 1. The van der Waals surface area contributed by atoms with Gasteiger partial charge in [-0.3, -0.25) is 4.79 Å². The molecule has 7 heteroatoms. The van der Waals surface area contributed by atoms with Crippen molar-refractivity contribution < 1.29 is 19.8 Å². The van der Waals surface area contributed by atoms with Crippen LogP contribution in [0.1, 0.15) is 20.7 Å². The number of anilines is 1. The van der Waals surface area contributed by atoms with Gasteiger partial charge in [-0.25, -0.2) is 4.79 Å². The first-order valence-corrected chi connectivity index (χ1v) is 7.30. The van der Waals surface area contributed by atoms with Crippen molar-refractivity contribution in [3.8, 4) is 5.75 Å². The van der Waals surface area contributed by atoms with E-state index in [1.807, 2.05) is 0 Å². The Kier molecular flexibility index (Phi) is 4.64. The van der Waals surface area contributed by atoms with Gasteiger partial charge in [0, 0.05) is 10.2 Å². The minimum Gasteiger partial charge on any atom is -0.506 e. The van der Waals surface area contributed by atoms with Gasteiger partial charge in [0.2, 0.25) is 0 Å². The van der Waals surface area contributed by atoms with E-state index in [9.17, 15) is 14.7 Å². The van der Waals surface area contributed by atoms with Crippen molar-refractivity contribution in [3.05, 3.63) is 56.5 Å². The molecule has 0 atom stereocenters. The summed E-state index contributed by atoms with van der Waals surface area (Å²) in [6, 6.07) is 8.92. The van der Waals surface area contributed by atoms with Crippen molar-refractivity contribution in [1.82, 2.24) is 0 Å². The molecule has 0 bridgehead atoms. The van der Waals surface area contributed by atoms with Crippen molar-refractivity contribution in [2.75, 3.05) is 5.32 Å². The third kappa shape index (κ3) is 3.62. The van der Waals surface area contributed by atoms with Crippen molar-refractivity contribution in [3.63, 3.8) is 0 Å². The first-order chi connectivity index (χ1) is 9.88. The van der Waals surface area contributed by atoms with Crippen LogP contribution in [0.4, 0.5) is 5.69 Å². The monoisotopic (exact) mass is 413 g/mol. The van der Waals surface area contributed by atoms with Gasteiger partial charge in [0.25, 0.3) is 5.91 Å². The summed E-state index contributed by atoms with van der Waals surface area (Å²) >= 11 is 6.38. The van der Waals surface area contributed by atoms with Gasteiger partial charge < -0.3 is 15.5 Å². The van der Waals surface area contributed by atoms with Crippen LogP contribution in [0.15, 0.2) is 45.3 Å². The molecule has 0 unspecified atom stereocenters. The summed E-state index contributed by atoms with van der Waals surface area (Å²) in [6.45, 7) is 0. The zero-order valence-corrected chi connectivity index (χ0v) is 13.6. The summed E-state index contributed by atoms with van der Waals surface area (Å²) in [5, 5.41) is 21.3. The number of carboxylic acid groups (broad SMARTS) is 1. The number of carbonyl (C=O) groups excluding carboxylic acids is 1. The number of phenols is 1. The van der Waals surface area contributed by atoms with E-state index in [0.717, 1.165) is 0 Å². The number of aromatic carboxylic acids is 1. The van der Waals surface area contributed by atoms with Crippen molar-refractivity contribution in [2.45, 2.75) is 0 Å². The van der Waals surface area contributed by atoms with Gasteiger partial charge in [-0.1, -0.05) is 22.0 Å². The molecule has 5 nitrogen and oxygen atoms in total. The van der Waals surface area contributed by atoms with Gasteiger partial charge in [0.05, 0.1) is 15.6 Å². The number of rotatable bonds is 3.